The maximum atomic E-state index is 11.9. The number of hydrogen-bond acceptors (Lipinski definition) is 3. The summed E-state index contributed by atoms with van der Waals surface area (Å²) in [6.45, 7) is 1.76. The Kier molecular flexibility index (Phi) is 4.33. The molecule has 2 rings (SSSR count). The zero-order valence-electron chi connectivity index (χ0n) is 11.2. The summed E-state index contributed by atoms with van der Waals surface area (Å²) in [7, 11) is 0. The minimum atomic E-state index is -0.210. The highest BCUT2D eigenvalue weighted by atomic mass is 16.3. The van der Waals surface area contributed by atoms with E-state index in [-0.39, 0.29) is 18.1 Å². The lowest BCUT2D eigenvalue weighted by atomic mass is 10.1. The van der Waals surface area contributed by atoms with Gasteiger partial charge in [0.15, 0.2) is 5.78 Å². The first-order chi connectivity index (χ1) is 9.60. The highest BCUT2D eigenvalue weighted by molar-refractivity contribution is 6.06. The van der Waals surface area contributed by atoms with Crippen LogP contribution in [-0.2, 0) is 6.61 Å². The van der Waals surface area contributed by atoms with E-state index in [1.807, 2.05) is 19.1 Å². The van der Waals surface area contributed by atoms with Crippen LogP contribution in [0.25, 0.3) is 6.08 Å². The number of aromatic hydroxyl groups is 1. The Labute approximate surface area is 117 Å². The average molecular weight is 268 g/mol. The Bertz CT molecular complexity index is 640. The van der Waals surface area contributed by atoms with E-state index in [1.54, 1.807) is 30.3 Å². The van der Waals surface area contributed by atoms with Crippen LogP contribution in [0.2, 0.25) is 0 Å². The molecule has 0 heterocycles. The molecule has 0 saturated heterocycles. The predicted octanol–water partition coefficient (Wildman–Crippen LogP) is 3.09. The number of carbonyl (C=O) groups excluding carboxylic acids is 1. The van der Waals surface area contributed by atoms with Gasteiger partial charge in [0, 0.05) is 11.1 Å². The Balaban J connectivity index is 2.14. The third kappa shape index (κ3) is 3.33. The maximum absolute atomic E-state index is 11.9. The second-order valence-corrected chi connectivity index (χ2v) is 4.61. The molecule has 0 bridgehead atoms. The van der Waals surface area contributed by atoms with Gasteiger partial charge in [-0.25, -0.2) is 0 Å². The summed E-state index contributed by atoms with van der Waals surface area (Å²) >= 11 is 0. The van der Waals surface area contributed by atoms with Crippen LogP contribution < -0.4 is 0 Å². The molecule has 0 amide bonds. The number of rotatable bonds is 4. The molecule has 3 nitrogen and oxygen atoms in total. The van der Waals surface area contributed by atoms with Crippen LogP contribution in [-0.4, -0.2) is 16.0 Å². The van der Waals surface area contributed by atoms with E-state index in [4.69, 9.17) is 5.11 Å². The molecule has 3 heteroatoms. The summed E-state index contributed by atoms with van der Waals surface area (Å²) in [5, 5.41) is 18.6. The molecule has 0 spiro atoms. The number of ketones is 1. The average Bonchev–Trinajstić information content (AvgIpc) is 2.45. The van der Waals surface area contributed by atoms with Gasteiger partial charge in [0.2, 0.25) is 0 Å². The van der Waals surface area contributed by atoms with Crippen molar-refractivity contribution in [2.45, 2.75) is 13.5 Å². The molecule has 0 aliphatic carbocycles. The molecule has 0 saturated carbocycles. The van der Waals surface area contributed by atoms with Gasteiger partial charge in [0.25, 0.3) is 0 Å². The van der Waals surface area contributed by atoms with E-state index in [2.05, 4.69) is 0 Å². The summed E-state index contributed by atoms with van der Waals surface area (Å²) in [6.07, 6.45) is 3.11. The highest BCUT2D eigenvalue weighted by Crippen LogP contribution is 2.19. The Hall–Kier alpha value is -2.39. The van der Waals surface area contributed by atoms with E-state index in [9.17, 15) is 9.90 Å². The monoisotopic (exact) mass is 268 g/mol. The minimum Gasteiger partial charge on any atom is -0.508 e. The summed E-state index contributed by atoms with van der Waals surface area (Å²) in [6, 6.07) is 12.2. The number of aliphatic hydroxyl groups excluding tert-OH is 1. The molecule has 0 aliphatic heterocycles. The van der Waals surface area contributed by atoms with Gasteiger partial charge in [-0.15, -0.1) is 0 Å². The molecule has 0 aliphatic rings. The molecule has 20 heavy (non-hydrogen) atoms. The van der Waals surface area contributed by atoms with Crippen molar-refractivity contribution >= 4 is 11.9 Å². The summed E-state index contributed by atoms with van der Waals surface area (Å²) in [4.78, 5) is 11.9. The van der Waals surface area contributed by atoms with E-state index < -0.39 is 0 Å². The van der Waals surface area contributed by atoms with E-state index in [0.29, 0.717) is 16.7 Å². The Morgan fingerprint density at radius 3 is 2.45 bits per heavy atom. The zero-order chi connectivity index (χ0) is 14.5. The van der Waals surface area contributed by atoms with Gasteiger partial charge < -0.3 is 10.2 Å². The third-order valence-electron chi connectivity index (χ3n) is 3.04. The second kappa shape index (κ2) is 6.17. The SMILES string of the molecule is Cc1ccc(C(=O)/C=C/c2ccc(CO)c(O)c2)cc1. The molecule has 2 N–H and O–H groups in total. The fraction of sp³-hybridized carbons (Fsp3) is 0.118. The molecular weight excluding hydrogens is 252 g/mol. The molecule has 0 radical (unpaired) electrons. The molecule has 102 valence electrons. The number of phenols is 1. The van der Waals surface area contributed by atoms with Crippen molar-refractivity contribution in [2.75, 3.05) is 0 Å². The first kappa shape index (κ1) is 14.0. The lowest BCUT2D eigenvalue weighted by Crippen LogP contribution is -1.93. The van der Waals surface area contributed by atoms with Crippen LogP contribution in [0, 0.1) is 6.92 Å². The van der Waals surface area contributed by atoms with Crippen molar-refractivity contribution in [3.05, 3.63) is 70.8 Å². The van der Waals surface area contributed by atoms with Gasteiger partial charge in [-0.3, -0.25) is 4.79 Å². The number of benzene rings is 2. The predicted molar refractivity (Wildman–Crippen MR) is 78.6 cm³/mol. The van der Waals surface area contributed by atoms with Gasteiger partial charge >= 0.3 is 0 Å². The minimum absolute atomic E-state index is 0.0254. The van der Waals surface area contributed by atoms with Crippen molar-refractivity contribution in [1.82, 2.24) is 0 Å². The van der Waals surface area contributed by atoms with Gasteiger partial charge in [-0.05, 0) is 24.6 Å². The topological polar surface area (TPSA) is 57.5 Å². The van der Waals surface area contributed by atoms with Crippen LogP contribution in [0.5, 0.6) is 5.75 Å². The van der Waals surface area contributed by atoms with Gasteiger partial charge in [-0.2, -0.15) is 0 Å². The summed E-state index contributed by atoms with van der Waals surface area (Å²) < 4.78 is 0. The normalized spacial score (nSPS) is 10.9. The second-order valence-electron chi connectivity index (χ2n) is 4.61. The van der Waals surface area contributed by atoms with Crippen LogP contribution in [0.4, 0.5) is 0 Å². The molecule has 2 aromatic rings. The van der Waals surface area contributed by atoms with Crippen molar-refractivity contribution < 1.29 is 15.0 Å². The number of aliphatic hydroxyl groups is 1. The smallest absolute Gasteiger partial charge is 0.185 e. The van der Waals surface area contributed by atoms with Crippen molar-refractivity contribution in [1.29, 1.82) is 0 Å². The van der Waals surface area contributed by atoms with E-state index in [0.717, 1.165) is 5.56 Å². The Morgan fingerprint density at radius 2 is 1.85 bits per heavy atom. The van der Waals surface area contributed by atoms with Gasteiger partial charge in [0.1, 0.15) is 5.75 Å². The molecule has 0 unspecified atom stereocenters. The molecule has 2 aromatic carbocycles. The van der Waals surface area contributed by atoms with Gasteiger partial charge in [0.05, 0.1) is 6.61 Å². The number of hydrogen-bond donors (Lipinski definition) is 2. The molecule has 0 aromatic heterocycles. The summed E-state index contributed by atoms with van der Waals surface area (Å²) in [5.41, 5.74) is 2.91. The maximum Gasteiger partial charge on any atom is 0.185 e. The summed E-state index contributed by atoms with van der Waals surface area (Å²) in [5.74, 6) is -0.0619. The molecule has 0 atom stereocenters. The lowest BCUT2D eigenvalue weighted by Gasteiger charge is -2.02. The van der Waals surface area contributed by atoms with Crippen molar-refractivity contribution in [3.63, 3.8) is 0 Å². The molecular formula is C17H16O3. The number of aryl methyl sites for hydroxylation is 1. The van der Waals surface area contributed by atoms with E-state index >= 15 is 0 Å². The number of carbonyl (C=O) groups is 1. The van der Waals surface area contributed by atoms with Gasteiger partial charge in [-0.1, -0.05) is 48.0 Å². The van der Waals surface area contributed by atoms with Crippen LogP contribution in [0.3, 0.4) is 0 Å². The fourth-order valence-corrected chi connectivity index (χ4v) is 1.80. The number of allylic oxidation sites excluding steroid dienone is 1. The lowest BCUT2D eigenvalue weighted by molar-refractivity contribution is 0.104. The van der Waals surface area contributed by atoms with Crippen LogP contribution in [0.15, 0.2) is 48.5 Å². The highest BCUT2D eigenvalue weighted by Gasteiger charge is 2.02. The van der Waals surface area contributed by atoms with Crippen molar-refractivity contribution in [3.8, 4) is 5.75 Å². The largest absolute Gasteiger partial charge is 0.508 e. The zero-order valence-corrected chi connectivity index (χ0v) is 11.2. The standard InChI is InChI=1S/C17H16O3/c1-12-2-6-14(7-3-12)16(19)9-5-13-4-8-15(11-18)17(20)10-13/h2-10,18,20H,11H2,1H3/b9-5+. The van der Waals surface area contributed by atoms with E-state index in [1.165, 1.54) is 12.1 Å². The fourth-order valence-electron chi connectivity index (χ4n) is 1.80. The quantitative estimate of drug-likeness (QED) is 0.661. The first-order valence-corrected chi connectivity index (χ1v) is 6.32. The third-order valence-corrected chi connectivity index (χ3v) is 3.04. The first-order valence-electron chi connectivity index (χ1n) is 6.32. The van der Waals surface area contributed by atoms with Crippen LogP contribution >= 0.6 is 0 Å². The van der Waals surface area contributed by atoms with Crippen molar-refractivity contribution in [2.24, 2.45) is 0 Å². The molecule has 0 fully saturated rings. The Morgan fingerprint density at radius 1 is 1.15 bits per heavy atom. The van der Waals surface area contributed by atoms with Crippen LogP contribution in [0.1, 0.15) is 27.0 Å².